The first kappa shape index (κ1) is 13.2. The minimum absolute atomic E-state index is 0.292. The SMILES string of the molecule is CSC(SC)=C(OC(C)=O)c1ccccc1. The molecule has 2 nitrogen and oxygen atoms in total. The summed E-state index contributed by atoms with van der Waals surface area (Å²) in [5.74, 6) is 0.354. The van der Waals surface area contributed by atoms with Crippen molar-refractivity contribution in [2.45, 2.75) is 6.92 Å². The molecule has 0 fully saturated rings. The first-order valence-electron chi connectivity index (χ1n) is 4.75. The number of carbonyl (C=O) groups is 1. The molecular weight excluding hydrogens is 240 g/mol. The predicted octanol–water partition coefficient (Wildman–Crippen LogP) is 3.60. The summed E-state index contributed by atoms with van der Waals surface area (Å²) in [6.07, 6.45) is 3.94. The van der Waals surface area contributed by atoms with Crippen LogP contribution in [0.4, 0.5) is 0 Å². The summed E-state index contributed by atoms with van der Waals surface area (Å²) in [7, 11) is 0. The summed E-state index contributed by atoms with van der Waals surface area (Å²) in [5.41, 5.74) is 0.927. The van der Waals surface area contributed by atoms with Crippen molar-refractivity contribution in [1.29, 1.82) is 0 Å². The van der Waals surface area contributed by atoms with Gasteiger partial charge in [0.1, 0.15) is 0 Å². The lowest BCUT2D eigenvalue weighted by Gasteiger charge is -2.11. The highest BCUT2D eigenvalue weighted by Gasteiger charge is 2.11. The van der Waals surface area contributed by atoms with Crippen molar-refractivity contribution in [2.75, 3.05) is 12.5 Å². The largest absolute Gasteiger partial charge is 0.424 e. The fraction of sp³-hybridized carbons (Fsp3) is 0.250. The van der Waals surface area contributed by atoms with E-state index in [1.54, 1.807) is 23.5 Å². The summed E-state index contributed by atoms with van der Waals surface area (Å²) < 4.78 is 6.28. The Morgan fingerprint density at radius 2 is 1.69 bits per heavy atom. The van der Waals surface area contributed by atoms with E-state index in [0.29, 0.717) is 5.76 Å². The van der Waals surface area contributed by atoms with Crippen LogP contribution < -0.4 is 0 Å². The number of esters is 1. The third kappa shape index (κ3) is 3.61. The molecule has 0 radical (unpaired) electrons. The summed E-state index contributed by atoms with van der Waals surface area (Å²) in [4.78, 5) is 11.1. The molecule has 86 valence electrons. The lowest BCUT2D eigenvalue weighted by Crippen LogP contribution is -1.99. The van der Waals surface area contributed by atoms with Gasteiger partial charge in [0.25, 0.3) is 0 Å². The highest BCUT2D eigenvalue weighted by atomic mass is 32.2. The van der Waals surface area contributed by atoms with Gasteiger partial charge < -0.3 is 4.74 Å². The van der Waals surface area contributed by atoms with Gasteiger partial charge in [-0.05, 0) is 12.5 Å². The molecule has 0 aliphatic carbocycles. The molecule has 0 unspecified atom stereocenters. The monoisotopic (exact) mass is 254 g/mol. The van der Waals surface area contributed by atoms with Crippen LogP contribution in [-0.2, 0) is 9.53 Å². The third-order valence-corrected chi connectivity index (χ3v) is 3.95. The fourth-order valence-corrected chi connectivity index (χ4v) is 2.58. The van der Waals surface area contributed by atoms with Crippen molar-refractivity contribution < 1.29 is 9.53 Å². The molecule has 1 aromatic carbocycles. The van der Waals surface area contributed by atoms with Gasteiger partial charge in [-0.3, -0.25) is 4.79 Å². The lowest BCUT2D eigenvalue weighted by molar-refractivity contribution is -0.134. The molecule has 1 aromatic rings. The highest BCUT2D eigenvalue weighted by molar-refractivity contribution is 8.21. The Morgan fingerprint density at radius 1 is 1.12 bits per heavy atom. The minimum Gasteiger partial charge on any atom is -0.424 e. The van der Waals surface area contributed by atoms with Gasteiger partial charge in [-0.2, -0.15) is 0 Å². The normalized spacial score (nSPS) is 9.69. The van der Waals surface area contributed by atoms with Crippen LogP contribution in [0.15, 0.2) is 34.6 Å². The van der Waals surface area contributed by atoms with Gasteiger partial charge in [-0.25, -0.2) is 0 Å². The van der Waals surface area contributed by atoms with E-state index in [1.165, 1.54) is 6.92 Å². The van der Waals surface area contributed by atoms with Crippen molar-refractivity contribution in [3.05, 3.63) is 40.1 Å². The number of hydrogen-bond acceptors (Lipinski definition) is 4. The Balaban J connectivity index is 3.15. The first-order valence-corrected chi connectivity index (χ1v) is 7.20. The van der Waals surface area contributed by atoms with E-state index >= 15 is 0 Å². The van der Waals surface area contributed by atoms with Gasteiger partial charge >= 0.3 is 5.97 Å². The number of hydrogen-bond donors (Lipinski definition) is 0. The molecule has 0 heterocycles. The topological polar surface area (TPSA) is 26.3 Å². The molecule has 0 aliphatic rings. The maximum absolute atomic E-state index is 11.1. The van der Waals surface area contributed by atoms with E-state index in [1.807, 2.05) is 42.8 Å². The molecule has 0 aliphatic heterocycles. The van der Waals surface area contributed by atoms with Crippen molar-refractivity contribution >= 4 is 35.3 Å². The van der Waals surface area contributed by atoms with Crippen LogP contribution in [0.3, 0.4) is 0 Å². The lowest BCUT2D eigenvalue weighted by atomic mass is 10.2. The zero-order chi connectivity index (χ0) is 12.0. The average Bonchev–Trinajstić information content (AvgIpc) is 2.30. The molecule has 16 heavy (non-hydrogen) atoms. The van der Waals surface area contributed by atoms with Gasteiger partial charge in [-0.1, -0.05) is 30.3 Å². The van der Waals surface area contributed by atoms with Crippen molar-refractivity contribution in [3.8, 4) is 0 Å². The molecule has 0 spiro atoms. The molecule has 0 saturated heterocycles. The highest BCUT2D eigenvalue weighted by Crippen LogP contribution is 2.33. The van der Waals surface area contributed by atoms with Crippen LogP contribution in [0.25, 0.3) is 5.76 Å². The molecule has 0 aromatic heterocycles. The number of benzene rings is 1. The van der Waals surface area contributed by atoms with Crippen LogP contribution in [0, 0.1) is 0 Å². The maximum atomic E-state index is 11.1. The molecule has 0 amide bonds. The Hall–Kier alpha value is -0.870. The van der Waals surface area contributed by atoms with Crippen LogP contribution in [0.1, 0.15) is 12.5 Å². The fourth-order valence-electron chi connectivity index (χ4n) is 1.22. The van der Waals surface area contributed by atoms with E-state index in [2.05, 4.69) is 0 Å². The van der Waals surface area contributed by atoms with Gasteiger partial charge in [-0.15, -0.1) is 23.5 Å². The summed E-state index contributed by atoms with van der Waals surface area (Å²) in [6, 6.07) is 9.66. The number of ether oxygens (including phenoxy) is 1. The van der Waals surface area contributed by atoms with Gasteiger partial charge in [0.15, 0.2) is 5.76 Å². The Labute approximate surface area is 104 Å². The van der Waals surface area contributed by atoms with Gasteiger partial charge in [0.2, 0.25) is 0 Å². The third-order valence-electron chi connectivity index (χ3n) is 1.84. The first-order chi connectivity index (χ1) is 7.69. The van der Waals surface area contributed by atoms with Crippen LogP contribution in [0.5, 0.6) is 0 Å². The molecule has 0 atom stereocenters. The molecular formula is C12H14O2S2. The van der Waals surface area contributed by atoms with Crippen LogP contribution in [0.2, 0.25) is 0 Å². The van der Waals surface area contributed by atoms with Gasteiger partial charge in [0, 0.05) is 12.5 Å². The molecule has 0 bridgehead atoms. The second-order valence-electron chi connectivity index (χ2n) is 2.98. The van der Waals surface area contributed by atoms with Crippen molar-refractivity contribution in [1.82, 2.24) is 0 Å². The zero-order valence-corrected chi connectivity index (χ0v) is 11.2. The van der Waals surface area contributed by atoms with E-state index < -0.39 is 0 Å². The maximum Gasteiger partial charge on any atom is 0.308 e. The van der Waals surface area contributed by atoms with Crippen molar-refractivity contribution in [2.24, 2.45) is 0 Å². The Bertz CT molecular complexity index is 379. The molecule has 0 saturated carbocycles. The van der Waals surface area contributed by atoms with Crippen LogP contribution in [-0.4, -0.2) is 18.5 Å². The van der Waals surface area contributed by atoms with E-state index in [9.17, 15) is 4.79 Å². The Kier molecular flexibility index (Phi) is 5.49. The predicted molar refractivity (Wildman–Crippen MR) is 72.2 cm³/mol. The smallest absolute Gasteiger partial charge is 0.308 e. The molecule has 1 rings (SSSR count). The molecule has 4 heteroatoms. The number of carbonyl (C=O) groups excluding carboxylic acids is 1. The zero-order valence-electron chi connectivity index (χ0n) is 9.52. The van der Waals surface area contributed by atoms with E-state index in [4.69, 9.17) is 4.74 Å². The second kappa shape index (κ2) is 6.66. The van der Waals surface area contributed by atoms with Crippen molar-refractivity contribution in [3.63, 3.8) is 0 Å². The summed E-state index contributed by atoms with van der Waals surface area (Å²) in [6.45, 7) is 1.42. The van der Waals surface area contributed by atoms with Crippen LogP contribution >= 0.6 is 23.5 Å². The Morgan fingerprint density at radius 3 is 2.12 bits per heavy atom. The molecule has 0 N–H and O–H groups in total. The summed E-state index contributed by atoms with van der Waals surface area (Å²) in [5, 5.41) is 0. The van der Waals surface area contributed by atoms with E-state index in [-0.39, 0.29) is 5.97 Å². The summed E-state index contributed by atoms with van der Waals surface area (Å²) >= 11 is 3.16. The van der Waals surface area contributed by atoms with E-state index in [0.717, 1.165) is 9.80 Å². The quantitative estimate of drug-likeness (QED) is 0.606. The van der Waals surface area contributed by atoms with Gasteiger partial charge in [0.05, 0.1) is 4.24 Å². The number of thioether (sulfide) groups is 2. The number of rotatable bonds is 4. The standard InChI is InChI=1S/C12H14O2S2/c1-9(13)14-11(12(15-2)16-3)10-7-5-4-6-8-10/h4-8H,1-3H3. The second-order valence-corrected chi connectivity index (χ2v) is 4.88. The minimum atomic E-state index is -0.292. The average molecular weight is 254 g/mol.